The van der Waals surface area contributed by atoms with Crippen LogP contribution in [0.3, 0.4) is 0 Å². The molecule has 8 heteroatoms. The molecule has 1 aliphatic carbocycles. The molecule has 0 spiro atoms. The molecule has 1 aliphatic heterocycles. The number of nitrogens with one attached hydrogen (secondary N) is 2. The normalized spacial score (nSPS) is 21.4. The molecule has 3 unspecified atom stereocenters. The van der Waals surface area contributed by atoms with E-state index in [2.05, 4.69) is 35.9 Å². The maximum Gasteiger partial charge on any atom is 0.245 e. The minimum absolute atomic E-state index is 0.0323. The van der Waals surface area contributed by atoms with Crippen LogP contribution in [0.2, 0.25) is 19.1 Å². The fourth-order valence-electron chi connectivity index (χ4n) is 5.49. The van der Waals surface area contributed by atoms with Gasteiger partial charge in [-0.1, -0.05) is 56.4 Å². The molecule has 0 bridgehead atoms. The number of hydrogen-bond donors (Lipinski definition) is 3. The quantitative estimate of drug-likeness (QED) is 0.396. The lowest BCUT2D eigenvalue weighted by Crippen LogP contribution is -2.54. The van der Waals surface area contributed by atoms with E-state index in [4.69, 9.17) is 5.73 Å². The zero-order valence-electron chi connectivity index (χ0n) is 21.5. The Hall–Kier alpha value is -3.13. The molecule has 36 heavy (non-hydrogen) atoms. The third kappa shape index (κ3) is 5.98. The van der Waals surface area contributed by atoms with Crippen LogP contribution in [0.1, 0.15) is 48.9 Å². The SMILES string of the molecule is CCC(=O)NC(Cc1ccc(N)cc1)C(=O)N1C[Si](C)(C)CC1C(=O)NC1CCCc2ccccc21. The molecular formula is C28H38N4O3Si. The van der Waals surface area contributed by atoms with Crippen LogP contribution in [-0.2, 0) is 27.2 Å². The van der Waals surface area contributed by atoms with Gasteiger partial charge in [0.25, 0.3) is 0 Å². The van der Waals surface area contributed by atoms with Gasteiger partial charge in [0.1, 0.15) is 12.1 Å². The number of rotatable bonds is 7. The van der Waals surface area contributed by atoms with Crippen LogP contribution in [0.25, 0.3) is 0 Å². The van der Waals surface area contributed by atoms with Gasteiger partial charge in [0.05, 0.1) is 14.1 Å². The maximum atomic E-state index is 13.9. The van der Waals surface area contributed by atoms with Crippen LogP contribution < -0.4 is 16.4 Å². The summed E-state index contributed by atoms with van der Waals surface area (Å²) in [6.45, 7) is 6.20. The monoisotopic (exact) mass is 506 g/mol. The first-order chi connectivity index (χ1) is 17.2. The van der Waals surface area contributed by atoms with E-state index < -0.39 is 20.2 Å². The van der Waals surface area contributed by atoms with E-state index in [1.807, 2.05) is 24.3 Å². The van der Waals surface area contributed by atoms with E-state index in [0.717, 1.165) is 30.9 Å². The Kier molecular flexibility index (Phi) is 7.83. The highest BCUT2D eigenvalue weighted by Crippen LogP contribution is 2.32. The summed E-state index contributed by atoms with van der Waals surface area (Å²) in [4.78, 5) is 41.6. The average Bonchev–Trinajstić information content (AvgIpc) is 3.20. The van der Waals surface area contributed by atoms with E-state index in [0.29, 0.717) is 18.3 Å². The van der Waals surface area contributed by atoms with Crippen molar-refractivity contribution in [2.24, 2.45) is 0 Å². The van der Waals surface area contributed by atoms with Gasteiger partial charge in [0, 0.05) is 24.7 Å². The molecule has 2 aromatic carbocycles. The van der Waals surface area contributed by atoms with Gasteiger partial charge in [-0.05, 0) is 54.1 Å². The lowest BCUT2D eigenvalue weighted by Gasteiger charge is -2.32. The van der Waals surface area contributed by atoms with Gasteiger partial charge in [0.15, 0.2) is 0 Å². The fraction of sp³-hybridized carbons (Fsp3) is 0.464. The standard InChI is InChI=1S/C28H38N4O3Si/c1-4-26(33)30-24(16-19-12-14-21(29)15-13-19)28(35)32-18-36(2,3)17-25(32)27(34)31-23-11-7-9-20-8-5-6-10-22(20)23/h5-6,8,10,12-15,23-25H,4,7,9,11,16-18,29H2,1-3H3,(H,30,33)(H,31,34). The van der Waals surface area contributed by atoms with Crippen molar-refractivity contribution in [3.63, 3.8) is 0 Å². The summed E-state index contributed by atoms with van der Waals surface area (Å²) in [6.07, 6.45) is 4.20. The van der Waals surface area contributed by atoms with Crippen LogP contribution >= 0.6 is 0 Å². The van der Waals surface area contributed by atoms with Gasteiger partial charge in [-0.25, -0.2) is 0 Å². The molecule has 3 atom stereocenters. The lowest BCUT2D eigenvalue weighted by molar-refractivity contribution is -0.141. The van der Waals surface area contributed by atoms with Crippen LogP contribution in [0.15, 0.2) is 48.5 Å². The predicted octanol–water partition coefficient (Wildman–Crippen LogP) is 3.36. The predicted molar refractivity (Wildman–Crippen MR) is 145 cm³/mol. The molecule has 192 valence electrons. The Morgan fingerprint density at radius 3 is 2.56 bits per heavy atom. The highest BCUT2D eigenvalue weighted by molar-refractivity contribution is 6.79. The number of nitrogens with zero attached hydrogens (tertiary/aromatic N) is 1. The first-order valence-electron chi connectivity index (χ1n) is 13.0. The van der Waals surface area contributed by atoms with Crippen LogP contribution in [0.4, 0.5) is 5.69 Å². The third-order valence-electron chi connectivity index (χ3n) is 7.37. The Labute approximate surface area is 214 Å². The maximum absolute atomic E-state index is 13.9. The van der Waals surface area contributed by atoms with Crippen molar-refractivity contribution in [1.29, 1.82) is 0 Å². The second-order valence-electron chi connectivity index (χ2n) is 10.9. The van der Waals surface area contributed by atoms with Crippen LogP contribution in [0, 0.1) is 0 Å². The van der Waals surface area contributed by atoms with Crippen molar-refractivity contribution in [3.05, 3.63) is 65.2 Å². The summed E-state index contributed by atoms with van der Waals surface area (Å²) in [5, 5.41) is 6.18. The van der Waals surface area contributed by atoms with Crippen molar-refractivity contribution >= 4 is 31.5 Å². The number of amides is 3. The number of nitrogens with two attached hydrogens (primary N) is 1. The first kappa shape index (κ1) is 25.9. The summed E-state index contributed by atoms with van der Waals surface area (Å²) in [7, 11) is -1.81. The largest absolute Gasteiger partial charge is 0.399 e. The summed E-state index contributed by atoms with van der Waals surface area (Å²) < 4.78 is 0. The van der Waals surface area contributed by atoms with E-state index in [-0.39, 0.29) is 30.2 Å². The molecule has 3 amide bonds. The molecule has 1 fully saturated rings. The molecule has 0 saturated carbocycles. The van der Waals surface area contributed by atoms with E-state index in [1.54, 1.807) is 24.0 Å². The first-order valence-corrected chi connectivity index (χ1v) is 16.4. The summed E-state index contributed by atoms with van der Waals surface area (Å²) in [5.74, 6) is -0.452. The zero-order chi connectivity index (χ0) is 25.9. The second-order valence-corrected chi connectivity index (χ2v) is 16.0. The Morgan fingerprint density at radius 2 is 1.83 bits per heavy atom. The molecular weight excluding hydrogens is 468 g/mol. The molecule has 4 N–H and O–H groups in total. The van der Waals surface area contributed by atoms with Crippen molar-refractivity contribution in [1.82, 2.24) is 15.5 Å². The van der Waals surface area contributed by atoms with Crippen molar-refractivity contribution in [2.45, 2.75) is 76.3 Å². The van der Waals surface area contributed by atoms with Gasteiger partial charge >= 0.3 is 0 Å². The van der Waals surface area contributed by atoms with E-state index in [1.165, 1.54) is 11.1 Å². The topological polar surface area (TPSA) is 105 Å². The summed E-state index contributed by atoms with van der Waals surface area (Å²) >= 11 is 0. The average molecular weight is 507 g/mol. The summed E-state index contributed by atoms with van der Waals surface area (Å²) in [6, 6.07) is 15.1. The Morgan fingerprint density at radius 1 is 1.11 bits per heavy atom. The Bertz CT molecular complexity index is 1120. The minimum Gasteiger partial charge on any atom is -0.399 e. The molecule has 4 rings (SSSR count). The number of fused-ring (bicyclic) bond motifs is 1. The Balaban J connectivity index is 1.55. The number of carbonyl (C=O) groups excluding carboxylic acids is 3. The number of carbonyl (C=O) groups is 3. The molecule has 0 radical (unpaired) electrons. The molecule has 0 aromatic heterocycles. The van der Waals surface area contributed by atoms with Crippen molar-refractivity contribution in [3.8, 4) is 0 Å². The van der Waals surface area contributed by atoms with Gasteiger partial charge in [-0.3, -0.25) is 14.4 Å². The van der Waals surface area contributed by atoms with Crippen LogP contribution in [-0.4, -0.2) is 48.9 Å². The molecule has 7 nitrogen and oxygen atoms in total. The molecule has 1 heterocycles. The molecule has 1 saturated heterocycles. The highest BCUT2D eigenvalue weighted by atomic mass is 28.3. The lowest BCUT2D eigenvalue weighted by atomic mass is 9.87. The number of aryl methyl sites for hydroxylation is 1. The summed E-state index contributed by atoms with van der Waals surface area (Å²) in [5.41, 5.74) is 9.85. The smallest absolute Gasteiger partial charge is 0.245 e. The van der Waals surface area contributed by atoms with Gasteiger partial charge in [-0.15, -0.1) is 0 Å². The number of anilines is 1. The third-order valence-corrected chi connectivity index (χ3v) is 10.1. The second kappa shape index (κ2) is 10.9. The fourth-order valence-corrected chi connectivity index (χ4v) is 8.37. The zero-order valence-corrected chi connectivity index (χ0v) is 22.5. The van der Waals surface area contributed by atoms with E-state index >= 15 is 0 Å². The van der Waals surface area contributed by atoms with Gasteiger partial charge in [0.2, 0.25) is 17.7 Å². The highest BCUT2D eigenvalue weighted by Gasteiger charge is 2.46. The van der Waals surface area contributed by atoms with Crippen molar-refractivity contribution < 1.29 is 14.4 Å². The number of hydrogen-bond acceptors (Lipinski definition) is 4. The number of benzene rings is 2. The number of nitrogen functional groups attached to an aromatic ring is 1. The van der Waals surface area contributed by atoms with Crippen molar-refractivity contribution in [2.75, 3.05) is 11.9 Å². The van der Waals surface area contributed by atoms with E-state index in [9.17, 15) is 14.4 Å². The molecule has 2 aromatic rings. The minimum atomic E-state index is -1.81. The van der Waals surface area contributed by atoms with Gasteiger partial charge < -0.3 is 21.3 Å². The molecule has 2 aliphatic rings. The van der Waals surface area contributed by atoms with Crippen LogP contribution in [0.5, 0.6) is 0 Å². The van der Waals surface area contributed by atoms with Gasteiger partial charge in [-0.2, -0.15) is 0 Å².